The molecular weight excluding hydrogens is 455 g/mol. The number of halogens is 1. The first kappa shape index (κ1) is 22.4. The van der Waals surface area contributed by atoms with Gasteiger partial charge in [0, 0.05) is 52.7 Å². The van der Waals surface area contributed by atoms with Crippen molar-refractivity contribution in [2.45, 2.75) is 64.3 Å². The molecule has 0 spiro atoms. The molecule has 1 aliphatic carbocycles. The van der Waals surface area contributed by atoms with Gasteiger partial charge < -0.3 is 19.9 Å². The van der Waals surface area contributed by atoms with Crippen molar-refractivity contribution >= 4 is 29.9 Å². The van der Waals surface area contributed by atoms with Gasteiger partial charge in [0.25, 0.3) is 0 Å². The summed E-state index contributed by atoms with van der Waals surface area (Å²) in [6.07, 6.45) is 10.6. The van der Waals surface area contributed by atoms with Gasteiger partial charge in [-0.2, -0.15) is 0 Å². The summed E-state index contributed by atoms with van der Waals surface area (Å²) in [5.74, 6) is 4.02. The third-order valence-corrected chi connectivity index (χ3v) is 5.09. The average molecular weight is 490 g/mol. The van der Waals surface area contributed by atoms with Gasteiger partial charge in [0.2, 0.25) is 0 Å². The monoisotopic (exact) mass is 490 g/mol. The number of aryl methyl sites for hydroxylation is 2. The van der Waals surface area contributed by atoms with Crippen LogP contribution in [0.5, 0.6) is 0 Å². The van der Waals surface area contributed by atoms with Gasteiger partial charge in [-0.15, -0.1) is 34.2 Å². The van der Waals surface area contributed by atoms with Crippen LogP contribution in [0.3, 0.4) is 0 Å². The second kappa shape index (κ2) is 12.5. The van der Waals surface area contributed by atoms with E-state index in [2.05, 4.69) is 30.4 Å². The number of aliphatic imine (C=N–C) groups is 1. The van der Waals surface area contributed by atoms with Crippen molar-refractivity contribution in [2.24, 2.45) is 10.9 Å². The lowest BCUT2D eigenvalue weighted by atomic mass is 10.2. The molecule has 0 atom stereocenters. The molecule has 0 radical (unpaired) electrons. The van der Waals surface area contributed by atoms with E-state index in [4.69, 9.17) is 4.74 Å². The Morgan fingerprint density at radius 1 is 1.15 bits per heavy atom. The number of hydrogen-bond acceptors (Lipinski definition) is 4. The van der Waals surface area contributed by atoms with E-state index in [-0.39, 0.29) is 24.0 Å². The number of fused-ring (bicyclic) bond motifs is 1. The zero-order chi connectivity index (χ0) is 18.0. The van der Waals surface area contributed by atoms with Crippen molar-refractivity contribution in [3.05, 3.63) is 11.6 Å². The van der Waals surface area contributed by atoms with E-state index in [1.807, 2.05) is 7.05 Å². The van der Waals surface area contributed by atoms with Gasteiger partial charge in [0.15, 0.2) is 5.96 Å². The minimum Gasteiger partial charge on any atom is -0.381 e. The highest BCUT2D eigenvalue weighted by molar-refractivity contribution is 14.0. The van der Waals surface area contributed by atoms with E-state index in [1.165, 1.54) is 37.9 Å². The quantitative estimate of drug-likeness (QED) is 0.228. The maximum atomic E-state index is 5.65. The first-order valence-corrected chi connectivity index (χ1v) is 10.3. The number of ether oxygens (including phenoxy) is 1. The van der Waals surface area contributed by atoms with Crippen molar-refractivity contribution in [2.75, 3.05) is 33.4 Å². The van der Waals surface area contributed by atoms with Gasteiger partial charge in [-0.1, -0.05) is 6.42 Å². The molecule has 0 aromatic carbocycles. The van der Waals surface area contributed by atoms with Crippen LogP contribution in [0.25, 0.3) is 0 Å². The van der Waals surface area contributed by atoms with Crippen LogP contribution in [-0.2, 0) is 24.1 Å². The van der Waals surface area contributed by atoms with Crippen LogP contribution in [0.4, 0.5) is 0 Å². The van der Waals surface area contributed by atoms with Crippen molar-refractivity contribution in [3.63, 3.8) is 0 Å². The predicted octanol–water partition coefficient (Wildman–Crippen LogP) is 2.54. The summed E-state index contributed by atoms with van der Waals surface area (Å²) in [6, 6.07) is 0. The summed E-state index contributed by atoms with van der Waals surface area (Å²) in [5.41, 5.74) is 0. The lowest BCUT2D eigenvalue weighted by Crippen LogP contribution is -2.38. The molecule has 154 valence electrons. The molecule has 1 aromatic heterocycles. The van der Waals surface area contributed by atoms with E-state index in [9.17, 15) is 0 Å². The number of nitrogens with zero attached hydrogens (tertiary/aromatic N) is 4. The second-order valence-corrected chi connectivity index (χ2v) is 7.40. The fourth-order valence-corrected chi connectivity index (χ4v) is 3.32. The number of rotatable bonds is 10. The molecule has 1 saturated carbocycles. The Kier molecular flexibility index (Phi) is 10.4. The highest BCUT2D eigenvalue weighted by Gasteiger charge is 2.20. The minimum atomic E-state index is 0. The Labute approximate surface area is 180 Å². The number of guanidine groups is 1. The molecule has 27 heavy (non-hydrogen) atoms. The van der Waals surface area contributed by atoms with Crippen LogP contribution >= 0.6 is 24.0 Å². The zero-order valence-electron chi connectivity index (χ0n) is 16.6. The summed E-state index contributed by atoms with van der Waals surface area (Å²) in [7, 11) is 1.82. The fourth-order valence-electron chi connectivity index (χ4n) is 3.32. The molecule has 1 aromatic rings. The van der Waals surface area contributed by atoms with Crippen LogP contribution in [0.1, 0.15) is 56.6 Å². The molecule has 1 fully saturated rings. The fraction of sp³-hybridized carbons (Fsp3) is 0.842. The average Bonchev–Trinajstić information content (AvgIpc) is 3.45. The van der Waals surface area contributed by atoms with Crippen LogP contribution < -0.4 is 10.6 Å². The van der Waals surface area contributed by atoms with Crippen molar-refractivity contribution in [1.29, 1.82) is 0 Å². The van der Waals surface area contributed by atoms with Crippen LogP contribution in [0.15, 0.2) is 4.99 Å². The van der Waals surface area contributed by atoms with Crippen LogP contribution in [0, 0.1) is 5.92 Å². The molecule has 0 bridgehead atoms. The first-order valence-electron chi connectivity index (χ1n) is 10.3. The maximum absolute atomic E-state index is 5.65. The van der Waals surface area contributed by atoms with E-state index >= 15 is 0 Å². The molecule has 7 nitrogen and oxygen atoms in total. The second-order valence-electron chi connectivity index (χ2n) is 7.40. The van der Waals surface area contributed by atoms with Crippen molar-refractivity contribution in [1.82, 2.24) is 25.4 Å². The molecule has 1 aliphatic heterocycles. The van der Waals surface area contributed by atoms with Gasteiger partial charge in [-0.05, 0) is 44.4 Å². The van der Waals surface area contributed by atoms with Crippen LogP contribution in [0.2, 0.25) is 0 Å². The smallest absolute Gasteiger partial charge is 0.190 e. The van der Waals surface area contributed by atoms with Gasteiger partial charge in [-0.25, -0.2) is 0 Å². The SMILES string of the molecule is CN=C(NCCCOCC1CC1)NCCCc1nnc2n1CCCCC2.I. The lowest BCUT2D eigenvalue weighted by Gasteiger charge is -2.12. The standard InChI is InChI=1S/C19H34N6O.HI/c1-20-19(22-12-6-14-26-15-16-9-10-16)21-11-5-8-18-24-23-17-7-3-2-4-13-25(17)18;/h16H,2-15H2,1H3,(H2,20,21,22);1H. The summed E-state index contributed by atoms with van der Waals surface area (Å²) in [6.45, 7) is 4.64. The Morgan fingerprint density at radius 3 is 2.74 bits per heavy atom. The van der Waals surface area contributed by atoms with E-state index < -0.39 is 0 Å². The molecule has 2 aliphatic rings. The molecule has 0 saturated heterocycles. The Bertz CT molecular complexity index is 573. The van der Waals surface area contributed by atoms with Crippen molar-refractivity contribution in [3.8, 4) is 0 Å². The van der Waals surface area contributed by atoms with Crippen LogP contribution in [-0.4, -0.2) is 54.1 Å². The molecule has 0 unspecified atom stereocenters. The van der Waals surface area contributed by atoms with Crippen molar-refractivity contribution < 1.29 is 4.74 Å². The molecule has 8 heteroatoms. The molecular formula is C19H35IN6O. The van der Waals surface area contributed by atoms with E-state index in [0.29, 0.717) is 0 Å². The molecule has 3 rings (SSSR count). The van der Waals surface area contributed by atoms with Gasteiger partial charge in [0.05, 0.1) is 0 Å². The third-order valence-electron chi connectivity index (χ3n) is 5.09. The largest absolute Gasteiger partial charge is 0.381 e. The summed E-state index contributed by atoms with van der Waals surface area (Å²) in [4.78, 5) is 4.28. The lowest BCUT2D eigenvalue weighted by molar-refractivity contribution is 0.123. The van der Waals surface area contributed by atoms with E-state index in [1.54, 1.807) is 0 Å². The molecule has 2 heterocycles. The number of aromatic nitrogens is 3. The summed E-state index contributed by atoms with van der Waals surface area (Å²) < 4.78 is 7.99. The Morgan fingerprint density at radius 2 is 1.96 bits per heavy atom. The highest BCUT2D eigenvalue weighted by atomic mass is 127. The Hall–Kier alpha value is -0.900. The first-order chi connectivity index (χ1) is 12.9. The normalized spacial score (nSPS) is 17.0. The highest BCUT2D eigenvalue weighted by Crippen LogP contribution is 2.28. The molecule has 0 amide bonds. The summed E-state index contributed by atoms with van der Waals surface area (Å²) in [5, 5.41) is 15.5. The van der Waals surface area contributed by atoms with Gasteiger partial charge in [0.1, 0.15) is 11.6 Å². The topological polar surface area (TPSA) is 76.4 Å². The minimum absolute atomic E-state index is 0. The summed E-state index contributed by atoms with van der Waals surface area (Å²) >= 11 is 0. The number of nitrogens with one attached hydrogen (secondary N) is 2. The molecule has 2 N–H and O–H groups in total. The predicted molar refractivity (Wildman–Crippen MR) is 119 cm³/mol. The van der Waals surface area contributed by atoms with E-state index in [0.717, 1.165) is 76.2 Å². The number of hydrogen-bond donors (Lipinski definition) is 2. The zero-order valence-corrected chi connectivity index (χ0v) is 18.9. The van der Waals surface area contributed by atoms with Gasteiger partial charge in [-0.3, -0.25) is 4.99 Å². The van der Waals surface area contributed by atoms with Gasteiger partial charge >= 0.3 is 0 Å². The third kappa shape index (κ3) is 7.93. The maximum Gasteiger partial charge on any atom is 0.190 e. The Balaban J connectivity index is 0.00000261.